The summed E-state index contributed by atoms with van der Waals surface area (Å²) in [6, 6.07) is 4.45. The topological polar surface area (TPSA) is 91.8 Å². The van der Waals surface area contributed by atoms with Crippen LogP contribution in [-0.2, 0) is 6.18 Å². The number of nitrogens with two attached hydrogens (primary N) is 1. The molecule has 1 aliphatic rings. The molecule has 1 fully saturated rings. The lowest BCUT2D eigenvalue weighted by Gasteiger charge is -2.32. The summed E-state index contributed by atoms with van der Waals surface area (Å²) >= 11 is 6.06. The molecule has 0 aliphatic carbocycles. The third-order valence-electron chi connectivity index (χ3n) is 5.63. The zero-order valence-electron chi connectivity index (χ0n) is 18.0. The summed E-state index contributed by atoms with van der Waals surface area (Å²) in [6.07, 6.45) is -2.95. The van der Waals surface area contributed by atoms with Gasteiger partial charge in [-0.2, -0.15) is 18.2 Å². The van der Waals surface area contributed by atoms with Crippen LogP contribution in [-0.4, -0.2) is 63.5 Å². The van der Waals surface area contributed by atoms with Crippen LogP contribution in [0.5, 0.6) is 0 Å². The van der Waals surface area contributed by atoms with Gasteiger partial charge in [0, 0.05) is 38.1 Å². The number of benzene rings is 1. The van der Waals surface area contributed by atoms with Crippen LogP contribution in [0.3, 0.4) is 0 Å². The third-order valence-corrected chi connectivity index (χ3v) is 5.79. The number of rotatable bonds is 4. The predicted molar refractivity (Wildman–Crippen MR) is 119 cm³/mol. The second-order valence-electron chi connectivity index (χ2n) is 8.14. The summed E-state index contributed by atoms with van der Waals surface area (Å²) < 4.78 is 41.0. The minimum Gasteiger partial charge on any atom is -0.399 e. The summed E-state index contributed by atoms with van der Waals surface area (Å²) in [4.78, 5) is 21.1. The minimum atomic E-state index is -4.52. The molecule has 1 aromatic carbocycles. The predicted octanol–water partition coefficient (Wildman–Crippen LogP) is 3.54. The van der Waals surface area contributed by atoms with Crippen molar-refractivity contribution in [3.63, 3.8) is 0 Å². The second kappa shape index (κ2) is 8.71. The molecule has 3 heterocycles. The van der Waals surface area contributed by atoms with E-state index in [0.717, 1.165) is 25.2 Å². The van der Waals surface area contributed by atoms with E-state index in [1.807, 2.05) is 7.05 Å². The van der Waals surface area contributed by atoms with Crippen LogP contribution < -0.4 is 11.1 Å². The molecular formula is C21H23ClF3N7O. The summed E-state index contributed by atoms with van der Waals surface area (Å²) in [6.45, 7) is 4.49. The number of piperazine rings is 1. The highest BCUT2D eigenvalue weighted by Gasteiger charge is 2.31. The molecular weight excluding hydrogens is 459 g/mol. The van der Waals surface area contributed by atoms with E-state index in [-0.39, 0.29) is 22.7 Å². The van der Waals surface area contributed by atoms with E-state index in [9.17, 15) is 18.0 Å². The van der Waals surface area contributed by atoms with Gasteiger partial charge in [-0.25, -0.2) is 4.52 Å². The van der Waals surface area contributed by atoms with Crippen molar-refractivity contribution >= 4 is 34.5 Å². The first-order chi connectivity index (χ1) is 15.5. The number of halogens is 4. The monoisotopic (exact) mass is 481 g/mol. The number of amides is 1. The summed E-state index contributed by atoms with van der Waals surface area (Å²) in [5, 5.41) is 7.12. The molecule has 4 rings (SSSR count). The van der Waals surface area contributed by atoms with Gasteiger partial charge in [-0.1, -0.05) is 0 Å². The Morgan fingerprint density at radius 1 is 1.18 bits per heavy atom. The molecule has 33 heavy (non-hydrogen) atoms. The number of carbonyl (C=O) groups is 1. The van der Waals surface area contributed by atoms with E-state index in [0.29, 0.717) is 29.7 Å². The molecule has 0 spiro atoms. The Morgan fingerprint density at radius 2 is 1.88 bits per heavy atom. The second-order valence-corrected chi connectivity index (χ2v) is 8.47. The smallest absolute Gasteiger partial charge is 0.399 e. The molecule has 1 aliphatic heterocycles. The van der Waals surface area contributed by atoms with Crippen molar-refractivity contribution in [2.75, 3.05) is 44.3 Å². The number of likely N-dealkylation sites (N-methyl/N-ethyl adjacent to an activating group) is 1. The van der Waals surface area contributed by atoms with Crippen LogP contribution >= 0.6 is 11.6 Å². The van der Waals surface area contributed by atoms with E-state index in [1.165, 1.54) is 10.6 Å². The van der Waals surface area contributed by atoms with Gasteiger partial charge in [0.25, 0.3) is 5.91 Å². The maximum atomic E-state index is 13.2. The lowest BCUT2D eigenvalue weighted by Crippen LogP contribution is -2.47. The highest BCUT2D eigenvalue weighted by Crippen LogP contribution is 2.33. The van der Waals surface area contributed by atoms with Crippen LogP contribution in [0.1, 0.15) is 34.5 Å². The van der Waals surface area contributed by atoms with Crippen LogP contribution in [0.25, 0.3) is 5.52 Å². The van der Waals surface area contributed by atoms with Crippen molar-refractivity contribution in [1.82, 2.24) is 24.4 Å². The number of nitrogens with one attached hydrogen (secondary N) is 1. The molecule has 176 valence electrons. The van der Waals surface area contributed by atoms with E-state index in [2.05, 4.69) is 20.3 Å². The molecule has 1 saturated heterocycles. The van der Waals surface area contributed by atoms with Crippen molar-refractivity contribution in [3.8, 4) is 0 Å². The first-order valence-electron chi connectivity index (χ1n) is 10.3. The largest absolute Gasteiger partial charge is 0.416 e. The average Bonchev–Trinajstić information content (AvgIpc) is 3.17. The third kappa shape index (κ3) is 4.98. The number of alkyl halides is 3. The zero-order chi connectivity index (χ0) is 23.9. The lowest BCUT2D eigenvalue weighted by molar-refractivity contribution is -0.137. The van der Waals surface area contributed by atoms with Gasteiger partial charge < -0.3 is 20.9 Å². The van der Waals surface area contributed by atoms with Crippen molar-refractivity contribution in [2.24, 2.45) is 0 Å². The van der Waals surface area contributed by atoms with Crippen molar-refractivity contribution in [3.05, 3.63) is 52.4 Å². The molecule has 3 aromatic rings. The number of nitrogen functional groups attached to an aromatic ring is 1. The standard InChI is InChI=1S/C21H23ClF3N7O/c1-12(13-7-15(21(23,24)25)10-16(26)8-13)27-18-17-9-14(11-32(17)29-20(22)28-18)19(33)31-5-3-30(2)4-6-31/h7-12H,3-6,26H2,1-2H3,(H,27,28,29)/t12-/m1/s1. The van der Waals surface area contributed by atoms with Gasteiger partial charge in [0.05, 0.1) is 17.2 Å². The molecule has 0 saturated carbocycles. The Balaban J connectivity index is 1.63. The van der Waals surface area contributed by atoms with Gasteiger partial charge in [-0.05, 0) is 55.4 Å². The van der Waals surface area contributed by atoms with Gasteiger partial charge in [0.2, 0.25) is 5.28 Å². The van der Waals surface area contributed by atoms with Gasteiger partial charge in [0.15, 0.2) is 5.82 Å². The number of anilines is 2. The first-order valence-corrected chi connectivity index (χ1v) is 10.7. The fourth-order valence-corrected chi connectivity index (χ4v) is 3.93. The SMILES string of the molecule is C[C@@H](Nc1nc(Cl)nn2cc(C(=O)N3CCN(C)CC3)cc12)c1cc(N)cc(C(F)(F)F)c1. The number of hydrogen-bond acceptors (Lipinski definition) is 6. The van der Waals surface area contributed by atoms with Crippen molar-refractivity contribution in [1.29, 1.82) is 0 Å². The fourth-order valence-electron chi connectivity index (χ4n) is 3.77. The average molecular weight is 482 g/mol. The maximum absolute atomic E-state index is 13.2. The Kier molecular flexibility index (Phi) is 6.10. The highest BCUT2D eigenvalue weighted by molar-refractivity contribution is 6.28. The van der Waals surface area contributed by atoms with E-state index in [4.69, 9.17) is 17.3 Å². The fraction of sp³-hybridized carbons (Fsp3) is 0.381. The molecule has 0 radical (unpaired) electrons. The van der Waals surface area contributed by atoms with E-state index in [1.54, 1.807) is 24.1 Å². The summed E-state index contributed by atoms with van der Waals surface area (Å²) in [5.74, 6) is 0.158. The highest BCUT2D eigenvalue weighted by atomic mass is 35.5. The quantitative estimate of drug-likeness (QED) is 0.554. The molecule has 1 amide bonds. The van der Waals surface area contributed by atoms with Crippen LogP contribution in [0.15, 0.2) is 30.5 Å². The van der Waals surface area contributed by atoms with Crippen molar-refractivity contribution in [2.45, 2.75) is 19.1 Å². The Labute approximate surface area is 193 Å². The van der Waals surface area contributed by atoms with Crippen molar-refractivity contribution < 1.29 is 18.0 Å². The molecule has 0 unspecified atom stereocenters. The minimum absolute atomic E-state index is 0.00193. The normalized spacial score (nSPS) is 16.2. The Hall–Kier alpha value is -3.05. The summed E-state index contributed by atoms with van der Waals surface area (Å²) in [7, 11) is 2.00. The van der Waals surface area contributed by atoms with E-state index < -0.39 is 17.8 Å². The molecule has 1 atom stereocenters. The maximum Gasteiger partial charge on any atom is 0.416 e. The lowest BCUT2D eigenvalue weighted by atomic mass is 10.0. The molecule has 2 aromatic heterocycles. The zero-order valence-corrected chi connectivity index (χ0v) is 18.8. The molecule has 12 heteroatoms. The van der Waals surface area contributed by atoms with Crippen LogP contribution in [0, 0.1) is 0 Å². The number of fused-ring (bicyclic) bond motifs is 1. The molecule has 3 N–H and O–H groups in total. The van der Waals surface area contributed by atoms with Crippen LogP contribution in [0.4, 0.5) is 24.7 Å². The molecule has 8 nitrogen and oxygen atoms in total. The van der Waals surface area contributed by atoms with Gasteiger partial charge in [-0.3, -0.25) is 4.79 Å². The molecule has 0 bridgehead atoms. The number of aromatic nitrogens is 3. The van der Waals surface area contributed by atoms with Gasteiger partial charge in [-0.15, -0.1) is 5.10 Å². The van der Waals surface area contributed by atoms with E-state index >= 15 is 0 Å². The Morgan fingerprint density at radius 3 is 2.55 bits per heavy atom. The van der Waals surface area contributed by atoms with Crippen LogP contribution in [0.2, 0.25) is 5.28 Å². The first kappa shape index (κ1) is 23.1. The summed E-state index contributed by atoms with van der Waals surface area (Å²) in [5.41, 5.74) is 6.09. The number of hydrogen-bond donors (Lipinski definition) is 2. The van der Waals surface area contributed by atoms with Gasteiger partial charge in [0.1, 0.15) is 5.52 Å². The Bertz CT molecular complexity index is 1190. The van der Waals surface area contributed by atoms with Gasteiger partial charge >= 0.3 is 6.18 Å². The number of nitrogens with zero attached hydrogens (tertiary/aromatic N) is 5. The number of carbonyl (C=O) groups excluding carboxylic acids is 1.